The largest absolute Gasteiger partial charge is 0.711 e. The molecule has 0 atom stereocenters. The fourth-order valence-corrected chi connectivity index (χ4v) is 3.96. The standard InChI is InChI=1S/C17H26O6Si/c1-10-17(8,9)24(21-14(18)11(2)3,22-15(19)12(4)5)23-16(20)13(6)7/h2,4,6,10H2,1,3,5,7-9H3. The average Bonchev–Trinajstić information content (AvgIpc) is 2.45. The van der Waals surface area contributed by atoms with Gasteiger partial charge in [0.15, 0.2) is 0 Å². The van der Waals surface area contributed by atoms with Gasteiger partial charge in [0, 0.05) is 16.7 Å². The van der Waals surface area contributed by atoms with Crippen molar-refractivity contribution in [3.05, 3.63) is 36.5 Å². The molecule has 134 valence electrons. The maximum Gasteiger partial charge on any atom is 0.711 e. The molecular formula is C17H26O6Si. The van der Waals surface area contributed by atoms with Crippen molar-refractivity contribution in [2.24, 2.45) is 0 Å². The van der Waals surface area contributed by atoms with Gasteiger partial charge in [0.25, 0.3) is 0 Å². The van der Waals surface area contributed by atoms with E-state index >= 15 is 0 Å². The highest BCUT2D eigenvalue weighted by molar-refractivity contribution is 6.69. The van der Waals surface area contributed by atoms with Crippen LogP contribution in [0.2, 0.25) is 5.04 Å². The molecule has 0 aromatic rings. The van der Waals surface area contributed by atoms with Crippen molar-refractivity contribution in [1.29, 1.82) is 0 Å². The number of carbonyl (C=O) groups excluding carboxylic acids is 3. The summed E-state index contributed by atoms with van der Waals surface area (Å²) in [6.07, 6.45) is 0.426. The topological polar surface area (TPSA) is 78.9 Å². The van der Waals surface area contributed by atoms with E-state index in [0.717, 1.165) is 0 Å². The van der Waals surface area contributed by atoms with Crippen LogP contribution >= 0.6 is 0 Å². The lowest BCUT2D eigenvalue weighted by Gasteiger charge is -2.38. The molecule has 0 fully saturated rings. The van der Waals surface area contributed by atoms with E-state index in [2.05, 4.69) is 19.7 Å². The van der Waals surface area contributed by atoms with Gasteiger partial charge in [-0.2, -0.15) is 0 Å². The molecule has 24 heavy (non-hydrogen) atoms. The molecule has 0 aliphatic heterocycles. The molecule has 0 saturated heterocycles. The molecule has 0 rings (SSSR count). The fraction of sp³-hybridized carbons (Fsp3) is 0.471. The lowest BCUT2D eigenvalue weighted by molar-refractivity contribution is -0.147. The highest BCUT2D eigenvalue weighted by Crippen LogP contribution is 2.43. The summed E-state index contributed by atoms with van der Waals surface area (Å²) in [5, 5.41) is -0.908. The van der Waals surface area contributed by atoms with Crippen LogP contribution in [-0.4, -0.2) is 26.7 Å². The van der Waals surface area contributed by atoms with E-state index in [1.165, 1.54) is 20.8 Å². The molecule has 6 nitrogen and oxygen atoms in total. The van der Waals surface area contributed by atoms with E-state index in [0.29, 0.717) is 6.42 Å². The highest BCUT2D eigenvalue weighted by atomic mass is 28.4. The lowest BCUT2D eigenvalue weighted by atomic mass is 10.1. The van der Waals surface area contributed by atoms with Gasteiger partial charge in [0.05, 0.1) is 5.04 Å². The van der Waals surface area contributed by atoms with Gasteiger partial charge >= 0.3 is 26.7 Å². The molecule has 0 aliphatic rings. The van der Waals surface area contributed by atoms with Crippen LogP contribution in [0.1, 0.15) is 48.0 Å². The minimum atomic E-state index is -4.13. The Hall–Kier alpha value is -2.15. The van der Waals surface area contributed by atoms with Gasteiger partial charge in [-0.3, -0.25) is 0 Å². The van der Waals surface area contributed by atoms with E-state index in [4.69, 9.17) is 13.3 Å². The van der Waals surface area contributed by atoms with Crippen LogP contribution in [-0.2, 0) is 27.7 Å². The van der Waals surface area contributed by atoms with Crippen LogP contribution in [0.5, 0.6) is 0 Å². The molecule has 0 aromatic heterocycles. The summed E-state index contributed by atoms with van der Waals surface area (Å²) in [5.74, 6) is -2.40. The first-order valence-electron chi connectivity index (χ1n) is 7.46. The molecule has 0 spiro atoms. The maximum absolute atomic E-state index is 12.1. The lowest BCUT2D eigenvalue weighted by Crippen LogP contribution is -2.57. The fourth-order valence-electron chi connectivity index (χ4n) is 1.32. The summed E-state index contributed by atoms with van der Waals surface area (Å²) >= 11 is 0. The average molecular weight is 354 g/mol. The highest BCUT2D eigenvalue weighted by Gasteiger charge is 2.65. The summed E-state index contributed by atoms with van der Waals surface area (Å²) in [4.78, 5) is 36.3. The Morgan fingerprint density at radius 3 is 1.21 bits per heavy atom. The van der Waals surface area contributed by atoms with E-state index in [-0.39, 0.29) is 16.7 Å². The van der Waals surface area contributed by atoms with Crippen molar-refractivity contribution in [2.75, 3.05) is 0 Å². The third kappa shape index (κ3) is 5.19. The zero-order chi connectivity index (χ0) is 19.3. The SMILES string of the molecule is C=C(C)C(=O)O[Si](OC(=O)C(=C)C)(OC(=O)C(=C)C)C(C)(C)CC. The summed E-state index contributed by atoms with van der Waals surface area (Å²) < 4.78 is 16.3. The van der Waals surface area contributed by atoms with Gasteiger partial charge in [-0.1, -0.05) is 40.5 Å². The zero-order valence-electron chi connectivity index (χ0n) is 15.3. The quantitative estimate of drug-likeness (QED) is 0.490. The van der Waals surface area contributed by atoms with Crippen LogP contribution in [0.4, 0.5) is 0 Å². The molecule has 0 bridgehead atoms. The normalized spacial score (nSPS) is 11.2. The predicted molar refractivity (Wildman–Crippen MR) is 92.8 cm³/mol. The summed E-state index contributed by atoms with van der Waals surface area (Å²) in [6.45, 7) is 20.1. The molecule has 0 aromatic carbocycles. The van der Waals surface area contributed by atoms with E-state index in [1.807, 2.05) is 0 Å². The zero-order valence-corrected chi connectivity index (χ0v) is 16.3. The minimum absolute atomic E-state index is 0.0940. The first kappa shape index (κ1) is 21.8. The van der Waals surface area contributed by atoms with Gasteiger partial charge in [-0.05, 0) is 27.2 Å². The van der Waals surface area contributed by atoms with Crippen molar-refractivity contribution in [1.82, 2.24) is 0 Å². The van der Waals surface area contributed by atoms with Crippen LogP contribution in [0.15, 0.2) is 36.5 Å². The number of hydrogen-bond acceptors (Lipinski definition) is 6. The monoisotopic (exact) mass is 354 g/mol. The van der Waals surface area contributed by atoms with E-state index in [9.17, 15) is 14.4 Å². The van der Waals surface area contributed by atoms with Gasteiger partial charge < -0.3 is 13.3 Å². The Morgan fingerprint density at radius 1 is 0.792 bits per heavy atom. The maximum atomic E-state index is 12.1. The Morgan fingerprint density at radius 2 is 1.04 bits per heavy atom. The van der Waals surface area contributed by atoms with Gasteiger partial charge in [-0.15, -0.1) is 0 Å². The number of carbonyl (C=O) groups is 3. The van der Waals surface area contributed by atoms with Crippen LogP contribution < -0.4 is 0 Å². The number of hydrogen-bond donors (Lipinski definition) is 0. The second-order valence-electron chi connectivity index (χ2n) is 6.30. The molecular weight excluding hydrogens is 328 g/mol. The second kappa shape index (κ2) is 8.10. The Balaban J connectivity index is 6.18. The molecule has 0 N–H and O–H groups in total. The molecule has 0 aliphatic carbocycles. The predicted octanol–water partition coefficient (Wildman–Crippen LogP) is 3.47. The van der Waals surface area contributed by atoms with Crippen LogP contribution in [0.3, 0.4) is 0 Å². The van der Waals surface area contributed by atoms with Crippen LogP contribution in [0, 0.1) is 0 Å². The first-order chi connectivity index (χ1) is 10.8. The smallest absolute Gasteiger partial charge is 0.451 e. The van der Waals surface area contributed by atoms with Gasteiger partial charge in [0.1, 0.15) is 0 Å². The van der Waals surface area contributed by atoms with Gasteiger partial charge in [0.2, 0.25) is 0 Å². The molecule has 0 unspecified atom stereocenters. The third-order valence-electron chi connectivity index (χ3n) is 3.44. The van der Waals surface area contributed by atoms with Crippen molar-refractivity contribution in [2.45, 2.75) is 53.0 Å². The van der Waals surface area contributed by atoms with Gasteiger partial charge in [-0.25, -0.2) is 14.4 Å². The molecule has 0 saturated carbocycles. The van der Waals surface area contributed by atoms with Crippen molar-refractivity contribution < 1.29 is 27.7 Å². The molecule has 0 amide bonds. The Bertz CT molecular complexity index is 519. The summed E-state index contributed by atoms with van der Waals surface area (Å²) in [5.41, 5.74) is 0.282. The van der Waals surface area contributed by atoms with E-state index in [1.54, 1.807) is 20.8 Å². The molecule has 7 heteroatoms. The van der Waals surface area contributed by atoms with Crippen LogP contribution in [0.25, 0.3) is 0 Å². The third-order valence-corrected chi connectivity index (χ3v) is 6.81. The molecule has 0 radical (unpaired) electrons. The van der Waals surface area contributed by atoms with Crippen molar-refractivity contribution in [3.8, 4) is 0 Å². The Labute approximate surface area is 144 Å². The summed E-state index contributed by atoms with van der Waals surface area (Å²) in [7, 11) is -4.13. The number of rotatable bonds is 8. The van der Waals surface area contributed by atoms with E-state index < -0.39 is 31.8 Å². The van der Waals surface area contributed by atoms with Crippen molar-refractivity contribution >= 4 is 26.7 Å². The Kier molecular flexibility index (Phi) is 7.37. The minimum Gasteiger partial charge on any atom is -0.451 e. The molecule has 0 heterocycles. The van der Waals surface area contributed by atoms with Crippen molar-refractivity contribution in [3.63, 3.8) is 0 Å². The first-order valence-corrected chi connectivity index (χ1v) is 9.18. The second-order valence-corrected chi connectivity index (χ2v) is 9.38. The summed E-state index contributed by atoms with van der Waals surface area (Å²) in [6, 6.07) is 0.